The third-order valence-corrected chi connectivity index (χ3v) is 4.50. The lowest BCUT2D eigenvalue weighted by Gasteiger charge is -2.02. The van der Waals surface area contributed by atoms with Gasteiger partial charge in [-0.3, -0.25) is 4.57 Å². The minimum atomic E-state index is 1.00. The van der Waals surface area contributed by atoms with Crippen LogP contribution in [0.2, 0.25) is 0 Å². The molecular formula is C15H9BrN2S. The Labute approximate surface area is 122 Å². The predicted molar refractivity (Wildman–Crippen MR) is 84.2 cm³/mol. The molecule has 4 aromatic rings. The first-order valence-electron chi connectivity index (χ1n) is 5.93. The first-order valence-corrected chi connectivity index (χ1v) is 7.60. The summed E-state index contributed by atoms with van der Waals surface area (Å²) in [5.74, 6) is 0. The Morgan fingerprint density at radius 1 is 1.00 bits per heavy atom. The first-order chi connectivity index (χ1) is 9.34. The zero-order valence-electron chi connectivity index (χ0n) is 9.88. The molecule has 0 spiro atoms. The minimum Gasteiger partial charge on any atom is -0.285 e. The number of rotatable bonds is 1. The molecule has 2 aromatic carbocycles. The molecule has 2 heterocycles. The van der Waals surface area contributed by atoms with E-state index in [0.717, 1.165) is 9.60 Å². The fraction of sp³-hybridized carbons (Fsp3) is 0. The third-order valence-electron chi connectivity index (χ3n) is 3.25. The molecule has 0 N–H and O–H groups in total. The van der Waals surface area contributed by atoms with Gasteiger partial charge in [-0.15, -0.1) is 11.3 Å². The zero-order valence-corrected chi connectivity index (χ0v) is 12.3. The van der Waals surface area contributed by atoms with Gasteiger partial charge in [0.2, 0.25) is 0 Å². The van der Waals surface area contributed by atoms with E-state index in [1.807, 2.05) is 11.6 Å². The van der Waals surface area contributed by atoms with Crippen LogP contribution in [-0.4, -0.2) is 9.55 Å². The number of benzene rings is 2. The Morgan fingerprint density at radius 2 is 1.84 bits per heavy atom. The quantitative estimate of drug-likeness (QED) is 0.480. The number of hydrogen-bond donors (Lipinski definition) is 0. The van der Waals surface area contributed by atoms with E-state index in [0.29, 0.717) is 0 Å². The monoisotopic (exact) mass is 328 g/mol. The van der Waals surface area contributed by atoms with Gasteiger partial charge in [0, 0.05) is 26.8 Å². The van der Waals surface area contributed by atoms with Gasteiger partial charge in [0.15, 0.2) is 5.13 Å². The largest absolute Gasteiger partial charge is 0.285 e. The molecule has 92 valence electrons. The number of aromatic nitrogens is 2. The third kappa shape index (κ3) is 1.64. The maximum atomic E-state index is 4.45. The van der Waals surface area contributed by atoms with E-state index in [-0.39, 0.29) is 0 Å². The summed E-state index contributed by atoms with van der Waals surface area (Å²) in [6, 6.07) is 14.8. The summed E-state index contributed by atoms with van der Waals surface area (Å²) in [6.45, 7) is 0. The summed E-state index contributed by atoms with van der Waals surface area (Å²) < 4.78 is 3.31. The van der Waals surface area contributed by atoms with E-state index in [9.17, 15) is 0 Å². The van der Waals surface area contributed by atoms with Gasteiger partial charge in [0.1, 0.15) is 0 Å². The summed E-state index contributed by atoms with van der Waals surface area (Å²) in [5, 5.41) is 5.53. The lowest BCUT2D eigenvalue weighted by Crippen LogP contribution is -1.91. The number of thiazole rings is 1. The van der Waals surface area contributed by atoms with Crippen LogP contribution in [0, 0.1) is 0 Å². The average molecular weight is 329 g/mol. The Hall–Kier alpha value is -1.65. The van der Waals surface area contributed by atoms with Crippen LogP contribution in [0.25, 0.3) is 26.9 Å². The second kappa shape index (κ2) is 4.18. The molecule has 0 aliphatic heterocycles. The van der Waals surface area contributed by atoms with Gasteiger partial charge < -0.3 is 0 Å². The highest BCUT2D eigenvalue weighted by Gasteiger charge is 2.13. The van der Waals surface area contributed by atoms with Crippen LogP contribution in [0.4, 0.5) is 0 Å². The molecule has 4 heteroatoms. The van der Waals surface area contributed by atoms with E-state index >= 15 is 0 Å². The number of para-hydroxylation sites is 1. The SMILES string of the molecule is Brc1ccc2c3ccccc3n(-c3nccs3)c2c1. The molecule has 19 heavy (non-hydrogen) atoms. The van der Waals surface area contributed by atoms with Crippen molar-refractivity contribution in [2.24, 2.45) is 0 Å². The highest BCUT2D eigenvalue weighted by molar-refractivity contribution is 9.10. The fourth-order valence-electron chi connectivity index (χ4n) is 2.48. The van der Waals surface area contributed by atoms with Gasteiger partial charge in [-0.2, -0.15) is 0 Å². The van der Waals surface area contributed by atoms with Crippen molar-refractivity contribution in [3.8, 4) is 5.13 Å². The molecule has 0 atom stereocenters. The van der Waals surface area contributed by atoms with Crippen LogP contribution in [-0.2, 0) is 0 Å². The molecule has 0 aliphatic rings. The molecular weight excluding hydrogens is 320 g/mol. The van der Waals surface area contributed by atoms with Gasteiger partial charge in [0.05, 0.1) is 11.0 Å². The van der Waals surface area contributed by atoms with Crippen molar-refractivity contribution < 1.29 is 0 Å². The molecule has 0 amide bonds. The van der Waals surface area contributed by atoms with Crippen molar-refractivity contribution in [3.05, 3.63) is 58.5 Å². The summed E-state index contributed by atoms with van der Waals surface area (Å²) in [5.41, 5.74) is 2.39. The summed E-state index contributed by atoms with van der Waals surface area (Å²) in [6.07, 6.45) is 1.85. The normalized spacial score (nSPS) is 11.4. The Morgan fingerprint density at radius 3 is 2.68 bits per heavy atom. The van der Waals surface area contributed by atoms with Gasteiger partial charge in [-0.05, 0) is 18.2 Å². The van der Waals surface area contributed by atoms with Crippen LogP contribution in [0.3, 0.4) is 0 Å². The molecule has 0 aliphatic carbocycles. The lowest BCUT2D eigenvalue weighted by atomic mass is 10.2. The standard InChI is InChI=1S/C15H9BrN2S/c16-10-5-6-12-11-3-1-2-4-13(11)18(14(12)9-10)15-17-7-8-19-15/h1-9H. The Bertz CT molecular complexity index is 878. The number of halogens is 1. The minimum absolute atomic E-state index is 1.00. The molecule has 0 radical (unpaired) electrons. The average Bonchev–Trinajstić information content (AvgIpc) is 3.03. The van der Waals surface area contributed by atoms with Crippen LogP contribution in [0.5, 0.6) is 0 Å². The van der Waals surface area contributed by atoms with E-state index in [1.165, 1.54) is 21.8 Å². The maximum absolute atomic E-state index is 4.45. The zero-order chi connectivity index (χ0) is 12.8. The van der Waals surface area contributed by atoms with Crippen LogP contribution < -0.4 is 0 Å². The van der Waals surface area contributed by atoms with Gasteiger partial charge in [0.25, 0.3) is 0 Å². The predicted octanol–water partition coefficient (Wildman–Crippen LogP) is 5.00. The smallest absolute Gasteiger partial charge is 0.194 e. The van der Waals surface area contributed by atoms with Gasteiger partial charge >= 0.3 is 0 Å². The summed E-state index contributed by atoms with van der Waals surface area (Å²) in [7, 11) is 0. The number of hydrogen-bond acceptors (Lipinski definition) is 2. The number of nitrogens with zero attached hydrogens (tertiary/aromatic N) is 2. The van der Waals surface area contributed by atoms with Crippen molar-refractivity contribution >= 4 is 49.1 Å². The van der Waals surface area contributed by atoms with Crippen LogP contribution in [0.15, 0.2) is 58.5 Å². The van der Waals surface area contributed by atoms with Crippen molar-refractivity contribution in [2.75, 3.05) is 0 Å². The topological polar surface area (TPSA) is 17.8 Å². The lowest BCUT2D eigenvalue weighted by molar-refractivity contribution is 1.13. The maximum Gasteiger partial charge on any atom is 0.194 e. The molecule has 0 saturated carbocycles. The number of fused-ring (bicyclic) bond motifs is 3. The first kappa shape index (κ1) is 11.2. The summed E-state index contributed by atoms with van der Waals surface area (Å²) in [4.78, 5) is 4.45. The van der Waals surface area contributed by atoms with E-state index < -0.39 is 0 Å². The van der Waals surface area contributed by atoms with E-state index in [2.05, 4.69) is 67.9 Å². The second-order valence-electron chi connectivity index (χ2n) is 4.33. The summed E-state index contributed by atoms with van der Waals surface area (Å²) >= 11 is 5.21. The molecule has 2 aromatic heterocycles. The fourth-order valence-corrected chi connectivity index (χ4v) is 3.49. The van der Waals surface area contributed by atoms with Gasteiger partial charge in [-0.1, -0.05) is 40.2 Å². The molecule has 2 nitrogen and oxygen atoms in total. The molecule has 0 saturated heterocycles. The molecule has 0 bridgehead atoms. The Kier molecular flexibility index (Phi) is 2.47. The molecule has 0 fully saturated rings. The van der Waals surface area contributed by atoms with Crippen LogP contribution in [0.1, 0.15) is 0 Å². The highest BCUT2D eigenvalue weighted by atomic mass is 79.9. The highest BCUT2D eigenvalue weighted by Crippen LogP contribution is 2.33. The van der Waals surface area contributed by atoms with E-state index in [1.54, 1.807) is 11.3 Å². The molecule has 0 unspecified atom stereocenters. The van der Waals surface area contributed by atoms with Crippen molar-refractivity contribution in [1.82, 2.24) is 9.55 Å². The second-order valence-corrected chi connectivity index (χ2v) is 6.12. The van der Waals surface area contributed by atoms with Crippen molar-refractivity contribution in [1.29, 1.82) is 0 Å². The van der Waals surface area contributed by atoms with Crippen LogP contribution >= 0.6 is 27.3 Å². The van der Waals surface area contributed by atoms with E-state index in [4.69, 9.17) is 0 Å². The van der Waals surface area contributed by atoms with Crippen molar-refractivity contribution in [3.63, 3.8) is 0 Å². The molecule has 4 rings (SSSR count). The Balaban J connectivity index is 2.27. The van der Waals surface area contributed by atoms with Gasteiger partial charge in [-0.25, -0.2) is 4.98 Å². The van der Waals surface area contributed by atoms with Crippen molar-refractivity contribution in [2.45, 2.75) is 0 Å².